The van der Waals surface area contributed by atoms with Crippen LogP contribution in [0.1, 0.15) is 188 Å². The molecule has 0 spiro atoms. The monoisotopic (exact) mass is 461 g/mol. The van der Waals surface area contributed by atoms with E-state index in [1.54, 1.807) is 0 Å². The van der Waals surface area contributed by atoms with Gasteiger partial charge in [-0.05, 0) is 23.2 Å². The van der Waals surface area contributed by atoms with Crippen LogP contribution in [-0.4, -0.2) is 0 Å². The van der Waals surface area contributed by atoms with E-state index in [-0.39, 0.29) is 0 Å². The molecule has 32 heavy (non-hydrogen) atoms. The van der Waals surface area contributed by atoms with Gasteiger partial charge >= 0.3 is 0 Å². The largest absolute Gasteiger partial charge is 0.0654 e. The third kappa shape index (κ3) is 209. The van der Waals surface area contributed by atoms with Crippen molar-refractivity contribution in [2.75, 3.05) is 0 Å². The summed E-state index contributed by atoms with van der Waals surface area (Å²) >= 11 is 0. The van der Waals surface area contributed by atoms with E-state index in [0.29, 0.717) is 5.41 Å². The van der Waals surface area contributed by atoms with E-state index in [2.05, 4.69) is 118 Å². The van der Waals surface area contributed by atoms with Gasteiger partial charge in [0.2, 0.25) is 0 Å². The summed E-state index contributed by atoms with van der Waals surface area (Å²) in [5, 5.41) is 0. The first-order chi connectivity index (χ1) is 14.6. The molecule has 0 amide bonds. The van der Waals surface area contributed by atoms with E-state index in [0.717, 1.165) is 17.8 Å². The number of hydrogen-bond acceptors (Lipinski definition) is 0. The van der Waals surface area contributed by atoms with Gasteiger partial charge in [0.25, 0.3) is 0 Å². The summed E-state index contributed by atoms with van der Waals surface area (Å²) in [6.07, 6.45) is 15.2. The molecular formula is C32H76. The Balaban J connectivity index is -0.0000000640. The van der Waals surface area contributed by atoms with Crippen molar-refractivity contribution in [3.05, 3.63) is 0 Å². The van der Waals surface area contributed by atoms with E-state index >= 15 is 0 Å². The molecule has 0 aromatic carbocycles. The fourth-order valence-corrected chi connectivity index (χ4v) is 1.18. The van der Waals surface area contributed by atoms with Crippen LogP contribution in [0.5, 0.6) is 0 Å². The third-order valence-electron chi connectivity index (χ3n) is 3.80. The minimum absolute atomic E-state index is 0.500. The van der Waals surface area contributed by atoms with Gasteiger partial charge in [0.05, 0.1) is 0 Å². The smallest absolute Gasteiger partial charge is 0.0411 e. The summed E-state index contributed by atoms with van der Waals surface area (Å²) < 4.78 is 0. The lowest BCUT2D eigenvalue weighted by atomic mass is 10.0. The zero-order valence-electron chi connectivity index (χ0n) is 27.0. The Morgan fingerprint density at radius 2 is 0.531 bits per heavy atom. The van der Waals surface area contributed by atoms with Crippen LogP contribution >= 0.6 is 0 Å². The molecule has 0 aromatic heterocycles. The standard InChI is InChI=1S/C7H16.C6H14.3C5H12.C4H10/c1-3-5-7-6-4-2;1-3-5-6-4-2;1-5(2,3)4;2*1-4-5(2)3;1-4(2)3/h3-7H2,1-2H3;3-6H2,1-2H3;1-4H3;2*5H,4H2,1-3H3;4H,1-3H3. The third-order valence-corrected chi connectivity index (χ3v) is 3.80. The van der Waals surface area contributed by atoms with Crippen molar-refractivity contribution in [3.8, 4) is 0 Å². The molecule has 0 heteroatoms. The second-order valence-corrected chi connectivity index (χ2v) is 12.1. The quantitative estimate of drug-likeness (QED) is 0.300. The van der Waals surface area contributed by atoms with Gasteiger partial charge in [-0.3, -0.25) is 0 Å². The molecule has 0 bridgehead atoms. The van der Waals surface area contributed by atoms with Crippen LogP contribution < -0.4 is 0 Å². The Hall–Kier alpha value is 0. The SMILES string of the molecule is CC(C)(C)C.CC(C)C.CCC(C)C.CCC(C)C.CCCCCC.CCCCCCC. The summed E-state index contributed by atoms with van der Waals surface area (Å²) in [5.41, 5.74) is 0.500. The van der Waals surface area contributed by atoms with Crippen molar-refractivity contribution in [1.29, 1.82) is 0 Å². The Kier molecular flexibility index (Phi) is 58.7. The fraction of sp³-hybridized carbons (Fsp3) is 1.00. The van der Waals surface area contributed by atoms with Crippen LogP contribution in [0, 0.1) is 23.2 Å². The highest BCUT2D eigenvalue weighted by atomic mass is 14.0. The van der Waals surface area contributed by atoms with Crippen molar-refractivity contribution in [1.82, 2.24) is 0 Å². The van der Waals surface area contributed by atoms with Gasteiger partial charge in [-0.2, -0.15) is 0 Å². The molecular weight excluding hydrogens is 384 g/mol. The summed E-state index contributed by atoms with van der Waals surface area (Å²) in [6, 6.07) is 0. The Bertz CT molecular complexity index is 204. The van der Waals surface area contributed by atoms with Crippen LogP contribution in [0.2, 0.25) is 0 Å². The van der Waals surface area contributed by atoms with Crippen molar-refractivity contribution in [2.45, 2.75) is 188 Å². The summed E-state index contributed by atoms with van der Waals surface area (Å²) in [5.74, 6) is 2.60. The molecule has 0 aromatic rings. The second-order valence-electron chi connectivity index (χ2n) is 12.1. The van der Waals surface area contributed by atoms with Crippen molar-refractivity contribution < 1.29 is 0 Å². The highest BCUT2D eigenvalue weighted by molar-refractivity contribution is 4.47. The van der Waals surface area contributed by atoms with Crippen molar-refractivity contribution >= 4 is 0 Å². The molecule has 0 aliphatic rings. The van der Waals surface area contributed by atoms with E-state index in [9.17, 15) is 0 Å². The zero-order chi connectivity index (χ0) is 27.0. The van der Waals surface area contributed by atoms with E-state index < -0.39 is 0 Å². The van der Waals surface area contributed by atoms with Crippen molar-refractivity contribution in [3.63, 3.8) is 0 Å². The van der Waals surface area contributed by atoms with Crippen LogP contribution in [0.25, 0.3) is 0 Å². The van der Waals surface area contributed by atoms with Gasteiger partial charge < -0.3 is 0 Å². The van der Waals surface area contributed by atoms with Crippen LogP contribution in [0.15, 0.2) is 0 Å². The van der Waals surface area contributed by atoms with Crippen LogP contribution in [0.4, 0.5) is 0 Å². The van der Waals surface area contributed by atoms with E-state index in [1.165, 1.54) is 70.6 Å². The lowest BCUT2D eigenvalue weighted by molar-refractivity contribution is 0.469. The molecule has 0 heterocycles. The zero-order valence-corrected chi connectivity index (χ0v) is 27.0. The summed E-state index contributed by atoms with van der Waals surface area (Å²) in [6.45, 7) is 37.5. The van der Waals surface area contributed by atoms with Crippen LogP contribution in [-0.2, 0) is 0 Å². The van der Waals surface area contributed by atoms with Crippen molar-refractivity contribution in [2.24, 2.45) is 23.2 Å². The Morgan fingerprint density at radius 1 is 0.406 bits per heavy atom. The lowest BCUT2D eigenvalue weighted by Gasteiger charge is -2.05. The molecule has 0 aliphatic carbocycles. The minimum Gasteiger partial charge on any atom is -0.0654 e. The van der Waals surface area contributed by atoms with Gasteiger partial charge in [-0.1, -0.05) is 188 Å². The molecule has 0 rings (SSSR count). The molecule has 0 nitrogen and oxygen atoms in total. The van der Waals surface area contributed by atoms with Gasteiger partial charge in [0.15, 0.2) is 0 Å². The molecule has 0 N–H and O–H groups in total. The van der Waals surface area contributed by atoms with Gasteiger partial charge in [-0.25, -0.2) is 0 Å². The maximum Gasteiger partial charge on any atom is -0.0411 e. The summed E-state index contributed by atoms with van der Waals surface area (Å²) in [4.78, 5) is 0. The van der Waals surface area contributed by atoms with E-state index in [4.69, 9.17) is 0 Å². The van der Waals surface area contributed by atoms with E-state index in [1.807, 2.05) is 0 Å². The molecule has 0 saturated carbocycles. The maximum atomic E-state index is 2.25. The molecule has 0 fully saturated rings. The molecule has 0 atom stereocenters. The average Bonchev–Trinajstić information content (AvgIpc) is 2.66. The number of rotatable bonds is 9. The fourth-order valence-electron chi connectivity index (χ4n) is 1.18. The van der Waals surface area contributed by atoms with Gasteiger partial charge in [-0.15, -0.1) is 0 Å². The van der Waals surface area contributed by atoms with Crippen LogP contribution in [0.3, 0.4) is 0 Å². The topological polar surface area (TPSA) is 0 Å². The first-order valence-electron chi connectivity index (χ1n) is 14.6. The minimum atomic E-state index is 0.500. The van der Waals surface area contributed by atoms with Gasteiger partial charge in [0.1, 0.15) is 0 Å². The lowest BCUT2D eigenvalue weighted by Crippen LogP contribution is -1.93. The maximum absolute atomic E-state index is 2.25. The predicted molar refractivity (Wildman–Crippen MR) is 160 cm³/mol. The summed E-state index contributed by atoms with van der Waals surface area (Å²) in [7, 11) is 0. The normalized spacial score (nSPS) is 9.75. The highest BCUT2D eigenvalue weighted by Crippen LogP contribution is 2.08. The molecule has 0 radical (unpaired) electrons. The number of unbranched alkanes of at least 4 members (excludes halogenated alkanes) is 7. The highest BCUT2D eigenvalue weighted by Gasteiger charge is 1.95. The van der Waals surface area contributed by atoms with Gasteiger partial charge in [0, 0.05) is 0 Å². The molecule has 0 aliphatic heterocycles. The average molecular weight is 461 g/mol. The first kappa shape index (κ1) is 45.5. The predicted octanol–water partition coefficient (Wildman–Crippen LogP) is 13.4. The Morgan fingerprint density at radius 3 is 0.625 bits per heavy atom. The number of hydrogen-bond donors (Lipinski definition) is 0. The molecule has 204 valence electrons. The first-order valence-corrected chi connectivity index (χ1v) is 14.6. The molecule has 0 unspecified atom stereocenters. The Labute approximate surface area is 211 Å². The second kappa shape index (κ2) is 41.3. The molecule has 0 saturated heterocycles.